The number of hydrogen-bond acceptors (Lipinski definition) is 3. The summed E-state index contributed by atoms with van der Waals surface area (Å²) in [5.41, 5.74) is 2.15. The summed E-state index contributed by atoms with van der Waals surface area (Å²) in [6, 6.07) is 7.95. The molecule has 0 bridgehead atoms. The van der Waals surface area contributed by atoms with Crippen molar-refractivity contribution >= 4 is 0 Å². The van der Waals surface area contributed by atoms with E-state index in [-0.39, 0.29) is 0 Å². The maximum absolute atomic E-state index is 4.01. The highest BCUT2D eigenvalue weighted by Gasteiger charge is 2.01. The van der Waals surface area contributed by atoms with E-state index in [0.29, 0.717) is 5.82 Å². The number of tetrazole rings is 1. The molecule has 0 atom stereocenters. The van der Waals surface area contributed by atoms with Gasteiger partial charge in [0.25, 0.3) is 0 Å². The van der Waals surface area contributed by atoms with Crippen LogP contribution in [0.4, 0.5) is 0 Å². The number of benzene rings is 1. The Morgan fingerprint density at radius 2 is 2.23 bits per heavy atom. The minimum absolute atomic E-state index is 0.610. The Balaban J connectivity index is 2.46. The van der Waals surface area contributed by atoms with Crippen molar-refractivity contribution in [2.75, 3.05) is 0 Å². The van der Waals surface area contributed by atoms with Crippen molar-refractivity contribution in [1.29, 1.82) is 0 Å². The molecule has 4 nitrogen and oxygen atoms in total. The van der Waals surface area contributed by atoms with E-state index in [0.717, 1.165) is 5.56 Å². The molecule has 0 spiro atoms. The van der Waals surface area contributed by atoms with Crippen LogP contribution in [0.3, 0.4) is 0 Å². The molecule has 0 saturated heterocycles. The zero-order valence-electron chi connectivity index (χ0n) is 7.31. The molecule has 0 aliphatic heterocycles. The van der Waals surface area contributed by atoms with Gasteiger partial charge in [-0.3, -0.25) is 7.05 Å². The number of hydrogen-bond donors (Lipinski definition) is 0. The Labute approximate surface area is 76.2 Å². The summed E-state index contributed by atoms with van der Waals surface area (Å²) in [4.78, 5) is 1.21. The number of aromatic nitrogens is 4. The van der Waals surface area contributed by atoms with E-state index in [1.54, 1.807) is 0 Å². The Kier molecular flexibility index (Phi) is 1.73. The van der Waals surface area contributed by atoms with Crippen LogP contribution in [0.2, 0.25) is 0 Å². The highest BCUT2D eigenvalue weighted by atomic mass is 15.6. The van der Waals surface area contributed by atoms with Gasteiger partial charge in [0.2, 0.25) is 5.82 Å². The topological polar surface area (TPSA) is 43.6 Å². The number of nitrogens with zero attached hydrogens (tertiary/aromatic N) is 4. The molecule has 0 saturated carbocycles. The lowest BCUT2D eigenvalue weighted by Gasteiger charge is -1.95. The normalized spacial score (nSPS) is 10.2. The maximum Gasteiger partial charge on any atom is 0.202 e. The molecule has 0 amide bonds. The lowest BCUT2D eigenvalue weighted by atomic mass is 10.1. The first-order valence-electron chi connectivity index (χ1n) is 3.93. The second-order valence-electron chi connectivity index (χ2n) is 2.85. The van der Waals surface area contributed by atoms with Crippen molar-refractivity contribution in [3.8, 4) is 11.4 Å². The molecule has 0 radical (unpaired) electrons. The van der Waals surface area contributed by atoms with E-state index in [1.165, 1.54) is 10.4 Å². The maximum atomic E-state index is 4.01. The van der Waals surface area contributed by atoms with Crippen LogP contribution in [-0.2, 0) is 0 Å². The predicted octanol–water partition coefficient (Wildman–Crippen LogP) is 1.29. The van der Waals surface area contributed by atoms with Crippen LogP contribution in [0.5, 0.6) is 0 Å². The third-order valence-corrected chi connectivity index (χ3v) is 1.73. The minimum atomic E-state index is 0.610. The van der Waals surface area contributed by atoms with Crippen molar-refractivity contribution in [2.24, 2.45) is 0 Å². The van der Waals surface area contributed by atoms with Gasteiger partial charge in [0, 0.05) is 5.56 Å². The minimum Gasteiger partial charge on any atom is -0.301 e. The van der Waals surface area contributed by atoms with Crippen LogP contribution in [0, 0.1) is 14.0 Å². The highest BCUT2D eigenvalue weighted by molar-refractivity contribution is 5.54. The first kappa shape index (κ1) is 7.79. The second kappa shape index (κ2) is 2.90. The van der Waals surface area contributed by atoms with E-state index in [2.05, 4.69) is 22.5 Å². The molecule has 1 aromatic heterocycles. The molecule has 1 heterocycles. The first-order chi connectivity index (χ1) is 6.25. The lowest BCUT2D eigenvalue weighted by Crippen LogP contribution is -1.89. The first-order valence-corrected chi connectivity index (χ1v) is 3.93. The summed E-state index contributed by atoms with van der Waals surface area (Å²) in [5.74, 6) is 0.610. The molecule has 0 fully saturated rings. The van der Waals surface area contributed by atoms with E-state index in [1.807, 2.05) is 31.2 Å². The third kappa shape index (κ3) is 1.51. The number of rotatable bonds is 1. The Morgan fingerprint density at radius 1 is 1.38 bits per heavy atom. The predicted molar refractivity (Wildman–Crippen MR) is 48.7 cm³/mol. The SMILES string of the molecule is [CH2-]n1nnc(-c2cccc(C)c2)n1. The standard InChI is InChI=1S/C9H9N4/c1-7-4-3-5-8(6-7)9-10-12-13(2)11-9/h3-6H,2H2,1H3/q-1. The molecule has 1 aromatic carbocycles. The fourth-order valence-electron chi connectivity index (χ4n) is 1.14. The quantitative estimate of drug-likeness (QED) is 0.610. The smallest absolute Gasteiger partial charge is 0.202 e. The summed E-state index contributed by atoms with van der Waals surface area (Å²) in [7, 11) is 3.52. The van der Waals surface area contributed by atoms with Gasteiger partial charge in [-0.25, -0.2) is 0 Å². The number of aryl methyl sites for hydroxylation is 1. The van der Waals surface area contributed by atoms with E-state index >= 15 is 0 Å². The largest absolute Gasteiger partial charge is 0.301 e. The van der Waals surface area contributed by atoms with Gasteiger partial charge in [0.05, 0.1) is 0 Å². The highest BCUT2D eigenvalue weighted by Crippen LogP contribution is 2.14. The fraction of sp³-hybridized carbons (Fsp3) is 0.111. The van der Waals surface area contributed by atoms with Gasteiger partial charge in [-0.05, 0) is 13.0 Å². The van der Waals surface area contributed by atoms with Crippen molar-refractivity contribution in [3.63, 3.8) is 0 Å². The molecule has 2 rings (SSSR count). The average molecular weight is 173 g/mol. The fourth-order valence-corrected chi connectivity index (χ4v) is 1.14. The van der Waals surface area contributed by atoms with Crippen molar-refractivity contribution < 1.29 is 0 Å². The van der Waals surface area contributed by atoms with Gasteiger partial charge >= 0.3 is 0 Å². The van der Waals surface area contributed by atoms with E-state index in [4.69, 9.17) is 0 Å². The molecule has 13 heavy (non-hydrogen) atoms. The zero-order chi connectivity index (χ0) is 9.26. The van der Waals surface area contributed by atoms with Gasteiger partial charge < -0.3 is 4.80 Å². The Hall–Kier alpha value is -1.84. The van der Waals surface area contributed by atoms with Crippen LogP contribution in [-0.4, -0.2) is 20.2 Å². The van der Waals surface area contributed by atoms with Gasteiger partial charge in [-0.1, -0.05) is 29.0 Å². The monoisotopic (exact) mass is 173 g/mol. The molecular formula is C9H9N4-. The second-order valence-corrected chi connectivity index (χ2v) is 2.85. The van der Waals surface area contributed by atoms with Crippen LogP contribution in [0.1, 0.15) is 5.56 Å². The molecule has 0 aliphatic carbocycles. The van der Waals surface area contributed by atoms with Crippen LogP contribution in [0.15, 0.2) is 24.3 Å². The summed E-state index contributed by atoms with van der Waals surface area (Å²) in [5, 5.41) is 11.5. The van der Waals surface area contributed by atoms with Crippen molar-refractivity contribution in [3.05, 3.63) is 36.9 Å². The molecule has 66 valence electrons. The molecule has 0 aliphatic rings. The van der Waals surface area contributed by atoms with E-state index < -0.39 is 0 Å². The lowest BCUT2D eigenvalue weighted by molar-refractivity contribution is 0.714. The zero-order valence-corrected chi connectivity index (χ0v) is 7.31. The van der Waals surface area contributed by atoms with Crippen molar-refractivity contribution in [2.45, 2.75) is 6.92 Å². The van der Waals surface area contributed by atoms with E-state index in [9.17, 15) is 0 Å². The average Bonchev–Trinajstić information content (AvgIpc) is 2.52. The molecule has 4 heteroatoms. The van der Waals surface area contributed by atoms with Gasteiger partial charge in [0.1, 0.15) is 0 Å². The molecular weight excluding hydrogens is 164 g/mol. The van der Waals surface area contributed by atoms with Crippen LogP contribution >= 0.6 is 0 Å². The van der Waals surface area contributed by atoms with Gasteiger partial charge in [-0.15, -0.1) is 5.10 Å². The van der Waals surface area contributed by atoms with Gasteiger partial charge in [-0.2, -0.15) is 5.10 Å². The Bertz CT molecular complexity index is 419. The summed E-state index contributed by atoms with van der Waals surface area (Å²) in [6.45, 7) is 2.03. The summed E-state index contributed by atoms with van der Waals surface area (Å²) >= 11 is 0. The van der Waals surface area contributed by atoms with Crippen molar-refractivity contribution in [1.82, 2.24) is 20.2 Å². The summed E-state index contributed by atoms with van der Waals surface area (Å²) in [6.07, 6.45) is 0. The summed E-state index contributed by atoms with van der Waals surface area (Å²) < 4.78 is 0. The molecule has 2 aromatic rings. The third-order valence-electron chi connectivity index (χ3n) is 1.73. The molecule has 0 N–H and O–H groups in total. The molecule has 0 unspecified atom stereocenters. The van der Waals surface area contributed by atoms with Gasteiger partial charge in [0.15, 0.2) is 0 Å². The Morgan fingerprint density at radius 3 is 2.85 bits per heavy atom. The van der Waals surface area contributed by atoms with Crippen LogP contribution < -0.4 is 0 Å². The van der Waals surface area contributed by atoms with Crippen LogP contribution in [0.25, 0.3) is 11.4 Å².